The van der Waals surface area contributed by atoms with Crippen LogP contribution in [-0.2, 0) is 4.79 Å². The van der Waals surface area contributed by atoms with Crippen LogP contribution in [-0.4, -0.2) is 22.3 Å². The molecule has 0 N–H and O–H groups in total. The number of hydrogen-bond acceptors (Lipinski definition) is 4. The second-order valence-corrected chi connectivity index (χ2v) is 5.73. The van der Waals surface area contributed by atoms with Gasteiger partial charge in [-0.05, 0) is 25.0 Å². The number of nitrogens with zero attached hydrogens (tertiary/aromatic N) is 3. The number of para-hydroxylation sites is 1. The van der Waals surface area contributed by atoms with Gasteiger partial charge in [0.2, 0.25) is 5.91 Å². The van der Waals surface area contributed by atoms with Gasteiger partial charge in [-0.25, -0.2) is 4.98 Å². The first kappa shape index (κ1) is 12.8. The summed E-state index contributed by atoms with van der Waals surface area (Å²) in [5.41, 5.74) is 2.26. The molecule has 3 rings (SSSR count). The number of likely N-dealkylation sites (tertiary alicyclic amines) is 1. The van der Waals surface area contributed by atoms with Crippen LogP contribution in [0.5, 0.6) is 0 Å². The molecule has 0 radical (unpaired) electrons. The third-order valence-electron chi connectivity index (χ3n) is 3.41. The Bertz CT molecular complexity index is 721. The summed E-state index contributed by atoms with van der Waals surface area (Å²) in [4.78, 5) is 17.9. The molecule has 0 aliphatic carbocycles. The molecule has 0 saturated carbocycles. The molecule has 0 unspecified atom stereocenters. The Morgan fingerprint density at radius 3 is 2.95 bits per heavy atom. The molecule has 20 heavy (non-hydrogen) atoms. The smallest absolute Gasteiger partial charge is 0.223 e. The third kappa shape index (κ3) is 2.08. The van der Waals surface area contributed by atoms with Gasteiger partial charge in [0.05, 0.1) is 10.2 Å². The van der Waals surface area contributed by atoms with Crippen molar-refractivity contribution >= 4 is 33.0 Å². The van der Waals surface area contributed by atoms with Crippen molar-refractivity contribution in [2.75, 3.05) is 6.54 Å². The lowest BCUT2D eigenvalue weighted by atomic mass is 10.2. The highest BCUT2D eigenvalue weighted by molar-refractivity contribution is 7.19. The standard InChI is InChI=1S/C15H13N3OS/c1-10(19)18-8-4-6-13(18)11(9-16)15-17-12-5-2-3-7-14(12)20-15/h2-3,5,7H,4,6,8H2,1H3/b13-11+. The van der Waals surface area contributed by atoms with Gasteiger partial charge in [0.1, 0.15) is 16.6 Å². The molecule has 1 aliphatic heterocycles. The maximum atomic E-state index is 11.6. The second kappa shape index (κ2) is 5.06. The van der Waals surface area contributed by atoms with Crippen LogP contribution in [0.2, 0.25) is 0 Å². The number of benzene rings is 1. The molecule has 5 heteroatoms. The Morgan fingerprint density at radius 1 is 1.45 bits per heavy atom. The first-order chi connectivity index (χ1) is 9.70. The number of hydrogen-bond donors (Lipinski definition) is 0. The molecule has 1 amide bonds. The zero-order valence-electron chi connectivity index (χ0n) is 11.1. The Balaban J connectivity index is 2.14. The average molecular weight is 283 g/mol. The maximum Gasteiger partial charge on any atom is 0.223 e. The fraction of sp³-hybridized carbons (Fsp3) is 0.267. The third-order valence-corrected chi connectivity index (χ3v) is 4.46. The molecule has 100 valence electrons. The van der Waals surface area contributed by atoms with Gasteiger partial charge >= 0.3 is 0 Å². The topological polar surface area (TPSA) is 57.0 Å². The second-order valence-electron chi connectivity index (χ2n) is 4.69. The van der Waals surface area contributed by atoms with Gasteiger partial charge in [0.25, 0.3) is 0 Å². The molecular weight excluding hydrogens is 270 g/mol. The Labute approximate surface area is 121 Å². The number of aromatic nitrogens is 1. The van der Waals surface area contributed by atoms with Crippen molar-refractivity contribution in [1.29, 1.82) is 5.26 Å². The van der Waals surface area contributed by atoms with E-state index in [9.17, 15) is 10.1 Å². The van der Waals surface area contributed by atoms with E-state index < -0.39 is 0 Å². The van der Waals surface area contributed by atoms with E-state index >= 15 is 0 Å². The number of amides is 1. The molecule has 4 nitrogen and oxygen atoms in total. The average Bonchev–Trinajstić information content (AvgIpc) is 3.05. The SMILES string of the molecule is CC(=O)N1CCC/C1=C(/C#N)c1nc2ccccc2s1. The van der Waals surface area contributed by atoms with Gasteiger partial charge < -0.3 is 4.90 Å². The summed E-state index contributed by atoms with van der Waals surface area (Å²) < 4.78 is 1.06. The molecule has 1 fully saturated rings. The predicted molar refractivity (Wildman–Crippen MR) is 78.8 cm³/mol. The minimum Gasteiger partial charge on any atom is -0.315 e. The van der Waals surface area contributed by atoms with Crippen LogP contribution < -0.4 is 0 Å². The summed E-state index contributed by atoms with van der Waals surface area (Å²) >= 11 is 1.50. The highest BCUT2D eigenvalue weighted by Gasteiger charge is 2.26. The van der Waals surface area contributed by atoms with E-state index in [0.717, 1.165) is 28.8 Å². The van der Waals surface area contributed by atoms with E-state index in [1.165, 1.54) is 11.3 Å². The number of rotatable bonds is 1. The molecule has 1 saturated heterocycles. The van der Waals surface area contributed by atoms with Crippen molar-refractivity contribution in [1.82, 2.24) is 9.88 Å². The van der Waals surface area contributed by atoms with Crippen LogP contribution in [0.3, 0.4) is 0 Å². The zero-order chi connectivity index (χ0) is 14.1. The fourth-order valence-corrected chi connectivity index (χ4v) is 3.48. The number of allylic oxidation sites excluding steroid dienone is 2. The van der Waals surface area contributed by atoms with Crippen molar-refractivity contribution in [2.45, 2.75) is 19.8 Å². The molecule has 1 aromatic carbocycles. The van der Waals surface area contributed by atoms with E-state index in [4.69, 9.17) is 0 Å². The van der Waals surface area contributed by atoms with Gasteiger partial charge in [0.15, 0.2) is 0 Å². The molecular formula is C15H13N3OS. The van der Waals surface area contributed by atoms with Crippen molar-refractivity contribution in [3.05, 3.63) is 35.0 Å². The van der Waals surface area contributed by atoms with Gasteiger partial charge in [-0.3, -0.25) is 4.79 Å². The first-order valence-corrected chi connectivity index (χ1v) is 7.29. The van der Waals surface area contributed by atoms with Crippen molar-refractivity contribution in [3.8, 4) is 6.07 Å². The first-order valence-electron chi connectivity index (χ1n) is 6.48. The zero-order valence-corrected chi connectivity index (χ0v) is 11.9. The Morgan fingerprint density at radius 2 is 2.25 bits per heavy atom. The molecule has 2 heterocycles. The minimum absolute atomic E-state index is 0.00800. The monoisotopic (exact) mass is 283 g/mol. The van der Waals surface area contributed by atoms with Crippen LogP contribution in [0.4, 0.5) is 0 Å². The number of carbonyl (C=O) groups excluding carboxylic acids is 1. The Hall–Kier alpha value is -2.19. The highest BCUT2D eigenvalue weighted by Crippen LogP contribution is 2.33. The van der Waals surface area contributed by atoms with Crippen LogP contribution in [0.1, 0.15) is 24.8 Å². The summed E-state index contributed by atoms with van der Waals surface area (Å²) in [6.45, 7) is 2.24. The quantitative estimate of drug-likeness (QED) is 0.755. The summed E-state index contributed by atoms with van der Waals surface area (Å²) in [7, 11) is 0. The van der Waals surface area contributed by atoms with Crippen LogP contribution in [0.15, 0.2) is 30.0 Å². The summed E-state index contributed by atoms with van der Waals surface area (Å²) in [6.07, 6.45) is 1.67. The normalized spacial score (nSPS) is 17.3. The molecule has 2 aromatic rings. The van der Waals surface area contributed by atoms with Gasteiger partial charge in [-0.2, -0.15) is 5.26 Å². The number of thiazole rings is 1. The van der Waals surface area contributed by atoms with Crippen molar-refractivity contribution < 1.29 is 4.79 Å². The van der Waals surface area contributed by atoms with Gasteiger partial charge in [0, 0.05) is 19.2 Å². The van der Waals surface area contributed by atoms with Crippen LogP contribution in [0, 0.1) is 11.3 Å². The van der Waals surface area contributed by atoms with Crippen LogP contribution >= 0.6 is 11.3 Å². The number of fused-ring (bicyclic) bond motifs is 1. The molecule has 1 aromatic heterocycles. The van der Waals surface area contributed by atoms with Gasteiger partial charge in [-0.1, -0.05) is 12.1 Å². The summed E-state index contributed by atoms with van der Waals surface area (Å²) in [6, 6.07) is 10.1. The molecule has 0 atom stereocenters. The van der Waals surface area contributed by atoms with Crippen LogP contribution in [0.25, 0.3) is 15.8 Å². The highest BCUT2D eigenvalue weighted by atomic mass is 32.1. The van der Waals surface area contributed by atoms with E-state index in [2.05, 4.69) is 11.1 Å². The largest absolute Gasteiger partial charge is 0.315 e. The Kier molecular flexibility index (Phi) is 3.25. The van der Waals surface area contributed by atoms with E-state index in [1.54, 1.807) is 11.8 Å². The van der Waals surface area contributed by atoms with E-state index in [0.29, 0.717) is 17.1 Å². The summed E-state index contributed by atoms with van der Waals surface area (Å²) in [5.74, 6) is -0.00800. The minimum atomic E-state index is -0.00800. The van der Waals surface area contributed by atoms with Crippen molar-refractivity contribution in [3.63, 3.8) is 0 Å². The lowest BCUT2D eigenvalue weighted by Crippen LogP contribution is -2.24. The van der Waals surface area contributed by atoms with E-state index in [-0.39, 0.29) is 5.91 Å². The predicted octanol–water partition coefficient (Wildman–Crippen LogP) is 3.17. The summed E-state index contributed by atoms with van der Waals surface area (Å²) in [5, 5.41) is 10.2. The molecule has 0 bridgehead atoms. The molecule has 1 aliphatic rings. The fourth-order valence-electron chi connectivity index (χ4n) is 2.50. The van der Waals surface area contributed by atoms with Gasteiger partial charge in [-0.15, -0.1) is 11.3 Å². The number of nitriles is 1. The van der Waals surface area contributed by atoms with E-state index in [1.807, 2.05) is 24.3 Å². The number of carbonyl (C=O) groups is 1. The lowest BCUT2D eigenvalue weighted by molar-refractivity contribution is -0.126. The maximum absolute atomic E-state index is 11.6. The molecule has 0 spiro atoms. The van der Waals surface area contributed by atoms with Crippen molar-refractivity contribution in [2.24, 2.45) is 0 Å². The lowest BCUT2D eigenvalue weighted by Gasteiger charge is -2.16.